The van der Waals surface area contributed by atoms with Gasteiger partial charge in [0.15, 0.2) is 0 Å². The van der Waals surface area contributed by atoms with Gasteiger partial charge in [0, 0.05) is 16.6 Å². The Kier molecular flexibility index (Phi) is 2.88. The van der Waals surface area contributed by atoms with Crippen LogP contribution in [0.2, 0.25) is 0 Å². The molecule has 1 N–H and O–H groups in total. The highest BCUT2D eigenvalue weighted by molar-refractivity contribution is 9.10. The maximum Gasteiger partial charge on any atom is 0.133 e. The standard InChI is InChI=1S/C12H11BrN2O/c1-3-8-7(6-14)11-9(15-8)4-5-10(16-2)12(11)13/h4-5,15H,3H2,1-2H3. The van der Waals surface area contributed by atoms with Crippen molar-refractivity contribution >= 4 is 26.8 Å². The molecule has 2 rings (SSSR count). The number of halogens is 1. The maximum atomic E-state index is 9.19. The van der Waals surface area contributed by atoms with Crippen LogP contribution in [-0.4, -0.2) is 12.1 Å². The molecule has 3 nitrogen and oxygen atoms in total. The van der Waals surface area contributed by atoms with Crippen molar-refractivity contribution in [2.24, 2.45) is 0 Å². The summed E-state index contributed by atoms with van der Waals surface area (Å²) >= 11 is 3.48. The van der Waals surface area contributed by atoms with E-state index < -0.39 is 0 Å². The molecule has 0 radical (unpaired) electrons. The molecule has 0 aliphatic heterocycles. The summed E-state index contributed by atoms with van der Waals surface area (Å²) in [5.41, 5.74) is 2.62. The smallest absolute Gasteiger partial charge is 0.133 e. The first kappa shape index (κ1) is 11.0. The second-order valence-electron chi connectivity index (χ2n) is 3.45. The molecule has 16 heavy (non-hydrogen) atoms. The van der Waals surface area contributed by atoms with Crippen molar-refractivity contribution in [1.29, 1.82) is 5.26 Å². The number of nitriles is 1. The van der Waals surface area contributed by atoms with Crippen molar-refractivity contribution in [1.82, 2.24) is 4.98 Å². The second-order valence-corrected chi connectivity index (χ2v) is 4.24. The third kappa shape index (κ3) is 1.48. The molecule has 0 aliphatic carbocycles. The Hall–Kier alpha value is -1.47. The van der Waals surface area contributed by atoms with Crippen LogP contribution in [0.1, 0.15) is 18.2 Å². The van der Waals surface area contributed by atoms with E-state index in [1.165, 1.54) is 0 Å². The van der Waals surface area contributed by atoms with E-state index in [0.29, 0.717) is 5.56 Å². The number of methoxy groups -OCH3 is 1. The average molecular weight is 279 g/mol. The van der Waals surface area contributed by atoms with Gasteiger partial charge in [0.05, 0.1) is 17.1 Å². The molecule has 82 valence electrons. The average Bonchev–Trinajstić information content (AvgIpc) is 2.68. The van der Waals surface area contributed by atoms with E-state index >= 15 is 0 Å². The van der Waals surface area contributed by atoms with E-state index in [1.807, 2.05) is 19.1 Å². The Labute approximate surface area is 102 Å². The summed E-state index contributed by atoms with van der Waals surface area (Å²) in [6.07, 6.45) is 0.812. The first-order chi connectivity index (χ1) is 7.72. The number of aryl methyl sites for hydroxylation is 1. The molecule has 0 bridgehead atoms. The summed E-state index contributed by atoms with van der Waals surface area (Å²) in [7, 11) is 1.62. The van der Waals surface area contributed by atoms with E-state index in [0.717, 1.165) is 33.2 Å². The highest BCUT2D eigenvalue weighted by atomic mass is 79.9. The Morgan fingerprint density at radius 3 is 2.81 bits per heavy atom. The van der Waals surface area contributed by atoms with Crippen molar-refractivity contribution in [2.75, 3.05) is 7.11 Å². The molecule has 0 fully saturated rings. The van der Waals surface area contributed by atoms with Crippen molar-refractivity contribution in [2.45, 2.75) is 13.3 Å². The highest BCUT2D eigenvalue weighted by Gasteiger charge is 2.15. The lowest BCUT2D eigenvalue weighted by Crippen LogP contribution is -1.85. The number of benzene rings is 1. The number of H-pyrrole nitrogens is 1. The number of hydrogen-bond donors (Lipinski definition) is 1. The molecule has 0 aliphatic rings. The predicted molar refractivity (Wildman–Crippen MR) is 66.6 cm³/mol. The molecule has 0 amide bonds. The van der Waals surface area contributed by atoms with Gasteiger partial charge in [-0.1, -0.05) is 6.92 Å². The number of fused-ring (bicyclic) bond motifs is 1. The molecule has 0 atom stereocenters. The summed E-state index contributed by atoms with van der Waals surface area (Å²) < 4.78 is 6.06. The topological polar surface area (TPSA) is 48.8 Å². The number of ether oxygens (including phenoxy) is 1. The summed E-state index contributed by atoms with van der Waals surface area (Å²) in [6, 6.07) is 6.05. The number of aromatic nitrogens is 1. The first-order valence-electron chi connectivity index (χ1n) is 5.00. The molecule has 2 aromatic rings. The van der Waals surface area contributed by atoms with Gasteiger partial charge in [0.25, 0.3) is 0 Å². The van der Waals surface area contributed by atoms with Crippen LogP contribution in [0.5, 0.6) is 5.75 Å². The van der Waals surface area contributed by atoms with Crippen LogP contribution in [0.4, 0.5) is 0 Å². The lowest BCUT2D eigenvalue weighted by atomic mass is 10.1. The molecular weight excluding hydrogens is 268 g/mol. The van der Waals surface area contributed by atoms with Gasteiger partial charge >= 0.3 is 0 Å². The first-order valence-corrected chi connectivity index (χ1v) is 5.79. The van der Waals surface area contributed by atoms with E-state index in [-0.39, 0.29) is 0 Å². The Balaban J connectivity index is 2.86. The number of hydrogen-bond acceptors (Lipinski definition) is 2. The Bertz CT molecular complexity index is 581. The van der Waals surface area contributed by atoms with Gasteiger partial charge in [-0.05, 0) is 34.5 Å². The molecule has 1 aromatic heterocycles. The molecule has 1 aromatic carbocycles. The normalized spacial score (nSPS) is 10.4. The zero-order chi connectivity index (χ0) is 11.7. The van der Waals surface area contributed by atoms with Crippen LogP contribution in [0, 0.1) is 11.3 Å². The molecule has 0 unspecified atom stereocenters. The third-order valence-electron chi connectivity index (χ3n) is 2.63. The maximum absolute atomic E-state index is 9.19. The lowest BCUT2D eigenvalue weighted by molar-refractivity contribution is 0.413. The van der Waals surface area contributed by atoms with Crippen molar-refractivity contribution < 1.29 is 4.74 Å². The van der Waals surface area contributed by atoms with Gasteiger partial charge in [-0.2, -0.15) is 5.26 Å². The van der Waals surface area contributed by atoms with Gasteiger partial charge in [-0.15, -0.1) is 0 Å². The largest absolute Gasteiger partial charge is 0.496 e. The predicted octanol–water partition coefficient (Wildman–Crippen LogP) is 3.37. The quantitative estimate of drug-likeness (QED) is 0.916. The third-order valence-corrected chi connectivity index (χ3v) is 3.42. The summed E-state index contributed by atoms with van der Waals surface area (Å²) in [6.45, 7) is 2.02. The minimum Gasteiger partial charge on any atom is -0.496 e. The zero-order valence-electron chi connectivity index (χ0n) is 9.10. The van der Waals surface area contributed by atoms with Gasteiger partial charge < -0.3 is 9.72 Å². The fourth-order valence-corrected chi connectivity index (χ4v) is 2.53. The summed E-state index contributed by atoms with van der Waals surface area (Å²) in [4.78, 5) is 3.25. The minimum atomic E-state index is 0.697. The van der Waals surface area contributed by atoms with E-state index in [2.05, 4.69) is 27.0 Å². The zero-order valence-corrected chi connectivity index (χ0v) is 10.7. The van der Waals surface area contributed by atoms with Crippen LogP contribution in [-0.2, 0) is 6.42 Å². The van der Waals surface area contributed by atoms with Crippen LogP contribution >= 0.6 is 15.9 Å². The fourth-order valence-electron chi connectivity index (χ4n) is 1.83. The highest BCUT2D eigenvalue weighted by Crippen LogP contribution is 2.36. The minimum absolute atomic E-state index is 0.697. The van der Waals surface area contributed by atoms with E-state index in [1.54, 1.807) is 7.11 Å². The Morgan fingerprint density at radius 1 is 1.50 bits per heavy atom. The van der Waals surface area contributed by atoms with Gasteiger partial charge in [0.1, 0.15) is 11.8 Å². The molecule has 0 saturated carbocycles. The van der Waals surface area contributed by atoms with Gasteiger partial charge in [0.2, 0.25) is 0 Å². The van der Waals surface area contributed by atoms with Crippen molar-refractivity contribution in [3.63, 3.8) is 0 Å². The van der Waals surface area contributed by atoms with E-state index in [4.69, 9.17) is 4.74 Å². The van der Waals surface area contributed by atoms with Gasteiger partial charge in [-0.3, -0.25) is 0 Å². The fraction of sp³-hybridized carbons (Fsp3) is 0.250. The number of nitrogens with one attached hydrogen (secondary N) is 1. The van der Waals surface area contributed by atoms with Crippen LogP contribution in [0.15, 0.2) is 16.6 Å². The molecule has 4 heteroatoms. The number of rotatable bonds is 2. The van der Waals surface area contributed by atoms with Crippen molar-refractivity contribution in [3.05, 3.63) is 27.9 Å². The number of aromatic amines is 1. The molecular formula is C12H11BrN2O. The summed E-state index contributed by atoms with van der Waals surface area (Å²) in [5, 5.41) is 10.1. The Morgan fingerprint density at radius 2 is 2.25 bits per heavy atom. The van der Waals surface area contributed by atoms with Crippen LogP contribution in [0.25, 0.3) is 10.9 Å². The van der Waals surface area contributed by atoms with Crippen LogP contribution < -0.4 is 4.74 Å². The van der Waals surface area contributed by atoms with Crippen molar-refractivity contribution in [3.8, 4) is 11.8 Å². The van der Waals surface area contributed by atoms with Crippen LogP contribution in [0.3, 0.4) is 0 Å². The molecule has 1 heterocycles. The van der Waals surface area contributed by atoms with Gasteiger partial charge in [-0.25, -0.2) is 0 Å². The lowest BCUT2D eigenvalue weighted by Gasteiger charge is -2.03. The summed E-state index contributed by atoms with van der Waals surface area (Å²) in [5.74, 6) is 0.741. The SMILES string of the molecule is CCc1[nH]c2ccc(OC)c(Br)c2c1C#N. The monoisotopic (exact) mass is 278 g/mol. The second kappa shape index (κ2) is 4.18. The van der Waals surface area contributed by atoms with E-state index in [9.17, 15) is 5.26 Å². The molecule has 0 saturated heterocycles. The molecule has 0 spiro atoms. The number of nitrogens with zero attached hydrogens (tertiary/aromatic N) is 1.